The molecule has 0 aliphatic rings. The van der Waals surface area contributed by atoms with Crippen LogP contribution >= 0.6 is 22.6 Å². The van der Waals surface area contributed by atoms with Gasteiger partial charge >= 0.3 is 0 Å². The van der Waals surface area contributed by atoms with Crippen LogP contribution in [0.2, 0.25) is 0 Å². The van der Waals surface area contributed by atoms with E-state index in [0.29, 0.717) is 24.3 Å². The molecule has 2 heterocycles. The quantitative estimate of drug-likeness (QED) is 0.832. The molecule has 2 aromatic rings. The number of aromatic nitrogens is 4. The number of hydrogen-bond donors (Lipinski definition) is 1. The molecule has 19 heavy (non-hydrogen) atoms. The largest absolute Gasteiger partial charge is 0.383 e. The SMILES string of the molecule is COCc1nc(-c2cnn(C(C)C)c2)nc(N)c1I. The van der Waals surface area contributed by atoms with Gasteiger partial charge in [-0.2, -0.15) is 5.10 Å². The van der Waals surface area contributed by atoms with Crippen LogP contribution in [0.15, 0.2) is 12.4 Å². The summed E-state index contributed by atoms with van der Waals surface area (Å²) < 4.78 is 7.82. The molecule has 2 aromatic heterocycles. The highest BCUT2D eigenvalue weighted by Gasteiger charge is 2.13. The Labute approximate surface area is 125 Å². The molecular weight excluding hydrogens is 357 g/mol. The standard InChI is InChI=1S/C12H16IN5O/c1-7(2)18-5-8(4-15-18)12-16-9(6-19-3)10(13)11(14)17-12/h4-5,7H,6H2,1-3H3,(H2,14,16,17). The molecule has 0 saturated carbocycles. The van der Waals surface area contributed by atoms with Crippen LogP contribution in [0.1, 0.15) is 25.6 Å². The zero-order valence-electron chi connectivity index (χ0n) is 11.1. The van der Waals surface area contributed by atoms with Crippen LogP contribution in [0, 0.1) is 3.57 Å². The molecule has 0 unspecified atom stereocenters. The van der Waals surface area contributed by atoms with Crippen LogP contribution in [0.3, 0.4) is 0 Å². The molecule has 102 valence electrons. The smallest absolute Gasteiger partial charge is 0.165 e. The van der Waals surface area contributed by atoms with E-state index in [9.17, 15) is 0 Å². The number of nitrogens with two attached hydrogens (primary N) is 1. The predicted molar refractivity (Wildman–Crippen MR) is 81.5 cm³/mol. The van der Waals surface area contributed by atoms with Gasteiger partial charge in [-0.25, -0.2) is 9.97 Å². The monoisotopic (exact) mass is 373 g/mol. The molecule has 0 fully saturated rings. The summed E-state index contributed by atoms with van der Waals surface area (Å²) in [7, 11) is 1.63. The van der Waals surface area contributed by atoms with Gasteiger partial charge in [0.15, 0.2) is 5.82 Å². The fraction of sp³-hybridized carbons (Fsp3) is 0.417. The van der Waals surface area contributed by atoms with E-state index in [1.165, 1.54) is 0 Å². The van der Waals surface area contributed by atoms with E-state index in [1.54, 1.807) is 13.3 Å². The lowest BCUT2D eigenvalue weighted by Gasteiger charge is -2.07. The molecule has 0 aromatic carbocycles. The van der Waals surface area contributed by atoms with E-state index in [-0.39, 0.29) is 0 Å². The Balaban J connectivity index is 2.43. The first-order valence-electron chi connectivity index (χ1n) is 5.88. The Hall–Kier alpha value is -1.22. The lowest BCUT2D eigenvalue weighted by Crippen LogP contribution is -2.05. The Morgan fingerprint density at radius 3 is 2.74 bits per heavy atom. The van der Waals surface area contributed by atoms with Crippen LogP contribution in [0.4, 0.5) is 5.82 Å². The molecule has 0 bridgehead atoms. The van der Waals surface area contributed by atoms with Gasteiger partial charge in [-0.05, 0) is 36.4 Å². The highest BCUT2D eigenvalue weighted by molar-refractivity contribution is 14.1. The van der Waals surface area contributed by atoms with Gasteiger partial charge < -0.3 is 10.5 Å². The predicted octanol–water partition coefficient (Wildman–Crippen LogP) is 2.25. The summed E-state index contributed by atoms with van der Waals surface area (Å²) in [5.74, 6) is 1.05. The second-order valence-corrected chi connectivity index (χ2v) is 5.51. The van der Waals surface area contributed by atoms with Crippen LogP contribution in [0.25, 0.3) is 11.4 Å². The van der Waals surface area contributed by atoms with Gasteiger partial charge in [-0.15, -0.1) is 0 Å². The van der Waals surface area contributed by atoms with Gasteiger partial charge in [0.2, 0.25) is 0 Å². The summed E-state index contributed by atoms with van der Waals surface area (Å²) in [5, 5.41) is 4.28. The van der Waals surface area contributed by atoms with Crippen molar-refractivity contribution in [3.05, 3.63) is 21.7 Å². The number of ether oxygens (including phenoxy) is 1. The minimum atomic E-state index is 0.299. The van der Waals surface area contributed by atoms with Crippen molar-refractivity contribution >= 4 is 28.4 Å². The van der Waals surface area contributed by atoms with Gasteiger partial charge in [0.05, 0.1) is 27.6 Å². The van der Waals surface area contributed by atoms with Crippen molar-refractivity contribution in [1.82, 2.24) is 19.7 Å². The number of rotatable bonds is 4. The fourth-order valence-corrected chi connectivity index (χ4v) is 2.01. The maximum Gasteiger partial charge on any atom is 0.165 e. The molecule has 0 radical (unpaired) electrons. The first-order valence-corrected chi connectivity index (χ1v) is 6.96. The van der Waals surface area contributed by atoms with Crippen molar-refractivity contribution < 1.29 is 4.74 Å². The normalized spacial score (nSPS) is 11.2. The van der Waals surface area contributed by atoms with E-state index in [0.717, 1.165) is 14.8 Å². The van der Waals surface area contributed by atoms with Gasteiger partial charge in [0, 0.05) is 19.3 Å². The molecule has 7 heteroatoms. The van der Waals surface area contributed by atoms with Crippen molar-refractivity contribution in [2.75, 3.05) is 12.8 Å². The third kappa shape index (κ3) is 3.03. The van der Waals surface area contributed by atoms with Crippen LogP contribution in [-0.4, -0.2) is 26.9 Å². The van der Waals surface area contributed by atoms with Gasteiger partial charge in [0.1, 0.15) is 5.82 Å². The van der Waals surface area contributed by atoms with Crippen molar-refractivity contribution in [3.8, 4) is 11.4 Å². The average molecular weight is 373 g/mol. The Morgan fingerprint density at radius 1 is 1.42 bits per heavy atom. The van der Waals surface area contributed by atoms with E-state index >= 15 is 0 Å². The lowest BCUT2D eigenvalue weighted by atomic mass is 10.3. The van der Waals surface area contributed by atoms with E-state index in [2.05, 4.69) is 51.5 Å². The maximum atomic E-state index is 5.91. The molecule has 0 saturated heterocycles. The first kappa shape index (κ1) is 14.2. The highest BCUT2D eigenvalue weighted by Crippen LogP contribution is 2.23. The molecule has 6 nitrogen and oxygen atoms in total. The summed E-state index contributed by atoms with van der Waals surface area (Å²) in [6.45, 7) is 4.54. The van der Waals surface area contributed by atoms with E-state index in [4.69, 9.17) is 10.5 Å². The van der Waals surface area contributed by atoms with Crippen molar-refractivity contribution in [2.24, 2.45) is 0 Å². The molecule has 0 aliphatic carbocycles. The third-order valence-electron chi connectivity index (χ3n) is 2.62. The minimum absolute atomic E-state index is 0.299. The molecule has 0 atom stereocenters. The number of halogens is 1. The second-order valence-electron chi connectivity index (χ2n) is 4.43. The third-order valence-corrected chi connectivity index (χ3v) is 3.79. The Morgan fingerprint density at radius 2 is 2.16 bits per heavy atom. The van der Waals surface area contributed by atoms with E-state index in [1.807, 2.05) is 10.9 Å². The molecule has 2 rings (SSSR count). The van der Waals surface area contributed by atoms with Crippen molar-refractivity contribution in [2.45, 2.75) is 26.5 Å². The first-order chi connectivity index (χ1) is 9.02. The molecule has 0 aliphatic heterocycles. The second kappa shape index (κ2) is 5.83. The number of methoxy groups -OCH3 is 1. The molecule has 2 N–H and O–H groups in total. The summed E-state index contributed by atoms with van der Waals surface area (Å²) in [6, 6.07) is 0.299. The van der Waals surface area contributed by atoms with Gasteiger partial charge in [-0.1, -0.05) is 0 Å². The number of nitrogen functional groups attached to an aromatic ring is 1. The van der Waals surface area contributed by atoms with Gasteiger partial charge in [0.25, 0.3) is 0 Å². The fourth-order valence-electron chi connectivity index (χ4n) is 1.61. The summed E-state index contributed by atoms with van der Waals surface area (Å²) in [4.78, 5) is 8.80. The lowest BCUT2D eigenvalue weighted by molar-refractivity contribution is 0.181. The van der Waals surface area contributed by atoms with E-state index < -0.39 is 0 Å². The van der Waals surface area contributed by atoms with Crippen molar-refractivity contribution in [1.29, 1.82) is 0 Å². The highest BCUT2D eigenvalue weighted by atomic mass is 127. The summed E-state index contributed by atoms with van der Waals surface area (Å²) in [5.41, 5.74) is 7.56. The number of anilines is 1. The van der Waals surface area contributed by atoms with Crippen molar-refractivity contribution in [3.63, 3.8) is 0 Å². The van der Waals surface area contributed by atoms with Crippen LogP contribution in [-0.2, 0) is 11.3 Å². The molecular formula is C12H16IN5O. The van der Waals surface area contributed by atoms with Crippen LogP contribution in [0.5, 0.6) is 0 Å². The zero-order valence-corrected chi connectivity index (χ0v) is 13.2. The van der Waals surface area contributed by atoms with Crippen LogP contribution < -0.4 is 5.73 Å². The Bertz CT molecular complexity index is 581. The molecule has 0 amide bonds. The topological polar surface area (TPSA) is 78.9 Å². The maximum absolute atomic E-state index is 5.91. The minimum Gasteiger partial charge on any atom is -0.383 e. The number of hydrogen-bond acceptors (Lipinski definition) is 5. The summed E-state index contributed by atoms with van der Waals surface area (Å²) in [6.07, 6.45) is 3.67. The number of nitrogens with zero attached hydrogens (tertiary/aromatic N) is 4. The molecule has 0 spiro atoms. The summed E-state index contributed by atoms with van der Waals surface area (Å²) >= 11 is 2.13. The van der Waals surface area contributed by atoms with Gasteiger partial charge in [-0.3, -0.25) is 4.68 Å². The average Bonchev–Trinajstić information content (AvgIpc) is 2.84. The Kier molecular flexibility index (Phi) is 4.35. The zero-order chi connectivity index (χ0) is 14.0.